The second-order valence-electron chi connectivity index (χ2n) is 6.42. The molecule has 2 rings (SSSR count). The number of nitrogens with zero attached hydrogens (tertiary/aromatic N) is 4. The van der Waals surface area contributed by atoms with Crippen LogP contribution in [0.3, 0.4) is 0 Å². The Morgan fingerprint density at radius 1 is 1.07 bits per heavy atom. The van der Waals surface area contributed by atoms with Crippen molar-refractivity contribution in [2.75, 3.05) is 52.6 Å². The summed E-state index contributed by atoms with van der Waals surface area (Å²) < 4.78 is 51.5. The molecule has 12 heteroatoms. The highest BCUT2D eigenvalue weighted by molar-refractivity contribution is 7.89. The van der Waals surface area contributed by atoms with Crippen molar-refractivity contribution in [2.24, 2.45) is 0 Å². The smallest absolute Gasteiger partial charge is 0.289 e. The summed E-state index contributed by atoms with van der Waals surface area (Å²) in [4.78, 5) is 12.1. The Morgan fingerprint density at radius 3 is 2.22 bits per heavy atom. The van der Waals surface area contributed by atoms with Crippen molar-refractivity contribution in [3.63, 3.8) is 0 Å². The lowest BCUT2D eigenvalue weighted by Gasteiger charge is -2.33. The van der Waals surface area contributed by atoms with Gasteiger partial charge >= 0.3 is 0 Å². The molecule has 1 aromatic carbocycles. The predicted octanol–water partition coefficient (Wildman–Crippen LogP) is 0.183. The molecule has 1 aliphatic rings. The number of nitro groups is 1. The van der Waals surface area contributed by atoms with Gasteiger partial charge in [-0.05, 0) is 19.0 Å². The molecule has 0 amide bonds. The summed E-state index contributed by atoms with van der Waals surface area (Å²) in [5.74, 6) is 0.0364. The van der Waals surface area contributed by atoms with Crippen LogP contribution in [0, 0.1) is 10.1 Å². The highest BCUT2D eigenvalue weighted by Crippen LogP contribution is 2.26. The minimum absolute atomic E-state index is 0.0364. The van der Waals surface area contributed by atoms with Crippen LogP contribution in [-0.2, 0) is 20.0 Å². The van der Waals surface area contributed by atoms with Crippen molar-refractivity contribution in [3.8, 4) is 0 Å². The van der Waals surface area contributed by atoms with Crippen molar-refractivity contribution in [3.05, 3.63) is 34.4 Å². The van der Waals surface area contributed by atoms with E-state index in [2.05, 4.69) is 0 Å². The lowest BCUT2D eigenvalue weighted by atomic mass is 10.3. The molecule has 1 saturated heterocycles. The number of hydrogen-bond acceptors (Lipinski definition) is 7. The van der Waals surface area contributed by atoms with Crippen LogP contribution < -0.4 is 0 Å². The van der Waals surface area contributed by atoms with Gasteiger partial charge < -0.3 is 4.90 Å². The van der Waals surface area contributed by atoms with Crippen LogP contribution >= 0.6 is 0 Å². The molecule has 0 bridgehead atoms. The monoisotopic (exact) mass is 420 g/mol. The Morgan fingerprint density at radius 2 is 1.67 bits per heavy atom. The first-order chi connectivity index (χ1) is 12.6. The molecule has 0 unspecified atom stereocenters. The van der Waals surface area contributed by atoms with Crippen LogP contribution in [0.15, 0.2) is 29.2 Å². The average molecular weight is 421 g/mol. The van der Waals surface area contributed by atoms with E-state index in [1.165, 1.54) is 47.0 Å². The summed E-state index contributed by atoms with van der Waals surface area (Å²) in [6, 6.07) is 5.30. The minimum Gasteiger partial charge on any atom is -0.301 e. The SMILES string of the molecule is CN(C)S(=O)(=O)CCCN1CCN(S(=O)(=O)c2ccccc2[N+](=O)[O-])CC1. The summed E-state index contributed by atoms with van der Waals surface area (Å²) in [6.45, 7) is 1.85. The minimum atomic E-state index is -3.95. The van der Waals surface area contributed by atoms with Crippen molar-refractivity contribution in [1.29, 1.82) is 0 Å². The van der Waals surface area contributed by atoms with Crippen LogP contribution in [0.1, 0.15) is 6.42 Å². The fraction of sp³-hybridized carbons (Fsp3) is 0.600. The Balaban J connectivity index is 1.96. The van der Waals surface area contributed by atoms with E-state index < -0.39 is 30.7 Å². The summed E-state index contributed by atoms with van der Waals surface area (Å²) in [5, 5.41) is 11.1. The summed E-state index contributed by atoms with van der Waals surface area (Å²) in [6.07, 6.45) is 0.456. The van der Waals surface area contributed by atoms with Gasteiger partial charge in [-0.3, -0.25) is 10.1 Å². The second-order valence-corrected chi connectivity index (χ2v) is 10.6. The Bertz CT molecular complexity index is 877. The van der Waals surface area contributed by atoms with Crippen molar-refractivity contribution in [2.45, 2.75) is 11.3 Å². The van der Waals surface area contributed by atoms with Crippen LogP contribution in [0.25, 0.3) is 0 Å². The highest BCUT2D eigenvalue weighted by Gasteiger charge is 2.33. The van der Waals surface area contributed by atoms with Crippen molar-refractivity contribution >= 4 is 25.7 Å². The van der Waals surface area contributed by atoms with Gasteiger partial charge in [-0.15, -0.1) is 0 Å². The topological polar surface area (TPSA) is 121 Å². The predicted molar refractivity (Wildman–Crippen MR) is 100 cm³/mol. The van der Waals surface area contributed by atoms with E-state index >= 15 is 0 Å². The molecule has 0 spiro atoms. The fourth-order valence-electron chi connectivity index (χ4n) is 2.81. The first-order valence-corrected chi connectivity index (χ1v) is 11.5. The first kappa shape index (κ1) is 21.7. The van der Waals surface area contributed by atoms with E-state index in [0.717, 1.165) is 0 Å². The van der Waals surface area contributed by atoms with Gasteiger partial charge in [0.05, 0.1) is 10.7 Å². The zero-order valence-corrected chi connectivity index (χ0v) is 16.9. The number of benzene rings is 1. The zero-order valence-electron chi connectivity index (χ0n) is 15.3. The number of rotatable bonds is 8. The lowest BCUT2D eigenvalue weighted by Crippen LogP contribution is -2.49. The third-order valence-corrected chi connectivity index (χ3v) is 8.31. The normalized spacial score (nSPS) is 17.3. The molecule has 1 fully saturated rings. The number of para-hydroxylation sites is 1. The molecule has 0 aliphatic carbocycles. The van der Waals surface area contributed by atoms with Gasteiger partial charge in [0.25, 0.3) is 5.69 Å². The van der Waals surface area contributed by atoms with E-state index in [4.69, 9.17) is 0 Å². The number of piperazine rings is 1. The van der Waals surface area contributed by atoms with Gasteiger partial charge in [-0.25, -0.2) is 21.1 Å². The van der Waals surface area contributed by atoms with E-state index in [1.54, 1.807) is 0 Å². The van der Waals surface area contributed by atoms with Gasteiger partial charge in [0.15, 0.2) is 4.90 Å². The number of nitro benzene ring substituents is 1. The quantitative estimate of drug-likeness (QED) is 0.434. The highest BCUT2D eigenvalue weighted by atomic mass is 32.2. The van der Waals surface area contributed by atoms with Gasteiger partial charge in [0.2, 0.25) is 20.0 Å². The van der Waals surface area contributed by atoms with E-state index in [9.17, 15) is 26.9 Å². The van der Waals surface area contributed by atoms with Gasteiger partial charge in [0, 0.05) is 46.3 Å². The van der Waals surface area contributed by atoms with Crippen molar-refractivity contribution < 1.29 is 21.8 Å². The number of sulfonamides is 2. The third-order valence-electron chi connectivity index (χ3n) is 4.44. The zero-order chi connectivity index (χ0) is 20.2. The molecule has 10 nitrogen and oxygen atoms in total. The Labute approximate surface area is 159 Å². The maximum Gasteiger partial charge on any atom is 0.289 e. The first-order valence-electron chi connectivity index (χ1n) is 8.42. The molecule has 1 aliphatic heterocycles. The molecule has 1 heterocycles. The fourth-order valence-corrected chi connectivity index (χ4v) is 5.25. The molecular formula is C15H24N4O6S2. The maximum absolute atomic E-state index is 12.8. The maximum atomic E-state index is 12.8. The Kier molecular flexibility index (Phi) is 6.92. The molecular weight excluding hydrogens is 396 g/mol. The van der Waals surface area contributed by atoms with Crippen molar-refractivity contribution in [1.82, 2.24) is 13.5 Å². The molecule has 0 N–H and O–H groups in total. The molecule has 0 aromatic heterocycles. The molecule has 0 saturated carbocycles. The molecule has 0 atom stereocenters. The standard InChI is InChI=1S/C15H24N4O6S2/c1-16(2)26(22,23)13-5-8-17-9-11-18(12-10-17)27(24,25)15-7-4-3-6-14(15)19(20)21/h3-4,6-7H,5,8-13H2,1-2H3. The number of hydrogen-bond donors (Lipinski definition) is 0. The summed E-state index contributed by atoms with van der Waals surface area (Å²) >= 11 is 0. The summed E-state index contributed by atoms with van der Waals surface area (Å²) in [5.41, 5.74) is -0.436. The van der Waals surface area contributed by atoms with E-state index in [0.29, 0.717) is 26.1 Å². The molecule has 152 valence electrons. The largest absolute Gasteiger partial charge is 0.301 e. The van der Waals surface area contributed by atoms with Gasteiger partial charge in [0.1, 0.15) is 0 Å². The third kappa shape index (κ3) is 5.23. The van der Waals surface area contributed by atoms with Crippen LogP contribution in [0.5, 0.6) is 0 Å². The van der Waals surface area contributed by atoms with Crippen LogP contribution in [0.2, 0.25) is 0 Å². The summed E-state index contributed by atoms with van der Waals surface area (Å²) in [7, 11) is -4.22. The van der Waals surface area contributed by atoms with Crippen LogP contribution in [0.4, 0.5) is 5.69 Å². The molecule has 0 radical (unpaired) electrons. The van der Waals surface area contributed by atoms with Gasteiger partial charge in [-0.2, -0.15) is 4.31 Å². The van der Waals surface area contributed by atoms with E-state index in [1.807, 2.05) is 4.90 Å². The lowest BCUT2D eigenvalue weighted by molar-refractivity contribution is -0.387. The average Bonchev–Trinajstić information content (AvgIpc) is 2.62. The van der Waals surface area contributed by atoms with Gasteiger partial charge in [-0.1, -0.05) is 12.1 Å². The van der Waals surface area contributed by atoms with E-state index in [-0.39, 0.29) is 23.7 Å². The molecule has 1 aromatic rings. The second kappa shape index (κ2) is 8.61. The Hall–Kier alpha value is -1.60. The molecule has 27 heavy (non-hydrogen) atoms. The van der Waals surface area contributed by atoms with Crippen LogP contribution in [-0.4, -0.2) is 87.8 Å².